The van der Waals surface area contributed by atoms with Crippen LogP contribution in [0.25, 0.3) is 0 Å². The number of carbonyl (C=O) groups is 1. The van der Waals surface area contributed by atoms with Crippen LogP contribution in [0.3, 0.4) is 0 Å². The Morgan fingerprint density at radius 3 is 2.68 bits per heavy atom. The molecule has 8 nitrogen and oxygen atoms in total. The maximum Gasteiger partial charge on any atom is 0.273 e. The molecule has 0 bridgehead atoms. The molecule has 0 spiro atoms. The minimum Gasteiger partial charge on any atom is -0.473 e. The Kier molecular flexibility index (Phi) is 4.87. The number of ether oxygens (including phenoxy) is 1. The van der Waals surface area contributed by atoms with E-state index in [9.17, 15) is 14.9 Å². The molecule has 0 atom stereocenters. The summed E-state index contributed by atoms with van der Waals surface area (Å²) >= 11 is 0. The van der Waals surface area contributed by atoms with Crippen LogP contribution in [0.4, 0.5) is 5.69 Å². The van der Waals surface area contributed by atoms with Crippen LogP contribution in [-0.4, -0.2) is 45.1 Å². The topological polar surface area (TPSA) is 98.5 Å². The first-order valence-corrected chi connectivity index (χ1v) is 8.04. The molecule has 0 saturated carbocycles. The monoisotopic (exact) mass is 342 g/mol. The number of benzene rings is 1. The van der Waals surface area contributed by atoms with E-state index >= 15 is 0 Å². The second-order valence-corrected chi connectivity index (χ2v) is 5.88. The summed E-state index contributed by atoms with van der Waals surface area (Å²) in [5, 5.41) is 18.7. The van der Waals surface area contributed by atoms with Gasteiger partial charge in [0.25, 0.3) is 11.6 Å². The van der Waals surface area contributed by atoms with Crippen molar-refractivity contribution in [3.63, 3.8) is 0 Å². The van der Waals surface area contributed by atoms with Crippen molar-refractivity contribution >= 4 is 11.6 Å². The van der Waals surface area contributed by atoms with Gasteiger partial charge in [0.15, 0.2) is 0 Å². The van der Waals surface area contributed by atoms with Gasteiger partial charge in [0, 0.05) is 55.4 Å². The number of piperidine rings is 1. The lowest BCUT2D eigenvalue weighted by molar-refractivity contribution is -0.385. The molecule has 130 valence electrons. The largest absolute Gasteiger partial charge is 0.473 e. The van der Waals surface area contributed by atoms with E-state index in [2.05, 4.69) is 10.2 Å². The van der Waals surface area contributed by atoms with Crippen molar-refractivity contribution in [2.75, 3.05) is 13.1 Å². The SMILES string of the molecule is Cc1c(C(=O)N2CCC(Oc3cccnn3)CC2)cccc1[N+](=O)[O-]. The van der Waals surface area contributed by atoms with E-state index in [0.29, 0.717) is 42.9 Å². The van der Waals surface area contributed by atoms with Gasteiger partial charge in [0.05, 0.1) is 4.92 Å². The third-order valence-electron chi connectivity index (χ3n) is 4.30. The predicted molar refractivity (Wildman–Crippen MR) is 89.4 cm³/mol. The van der Waals surface area contributed by atoms with E-state index in [1.165, 1.54) is 6.07 Å². The Hall–Kier alpha value is -3.03. The van der Waals surface area contributed by atoms with Gasteiger partial charge in [0.2, 0.25) is 5.88 Å². The average molecular weight is 342 g/mol. The summed E-state index contributed by atoms with van der Waals surface area (Å²) in [5.74, 6) is 0.293. The van der Waals surface area contributed by atoms with Crippen molar-refractivity contribution in [1.82, 2.24) is 15.1 Å². The third-order valence-corrected chi connectivity index (χ3v) is 4.30. The normalized spacial score (nSPS) is 15.0. The fourth-order valence-electron chi connectivity index (χ4n) is 2.92. The Bertz CT molecular complexity index is 773. The number of aromatic nitrogens is 2. The van der Waals surface area contributed by atoms with E-state index in [1.54, 1.807) is 42.3 Å². The number of nitro benzene ring substituents is 1. The summed E-state index contributed by atoms with van der Waals surface area (Å²) in [6.07, 6.45) is 2.91. The second-order valence-electron chi connectivity index (χ2n) is 5.88. The highest BCUT2D eigenvalue weighted by molar-refractivity contribution is 5.96. The second kappa shape index (κ2) is 7.25. The lowest BCUT2D eigenvalue weighted by atomic mass is 10.0. The number of carbonyl (C=O) groups excluding carboxylic acids is 1. The zero-order chi connectivity index (χ0) is 17.8. The van der Waals surface area contributed by atoms with Gasteiger partial charge >= 0.3 is 0 Å². The quantitative estimate of drug-likeness (QED) is 0.625. The van der Waals surface area contributed by atoms with Crippen LogP contribution < -0.4 is 4.74 Å². The van der Waals surface area contributed by atoms with Gasteiger partial charge in [-0.05, 0) is 19.1 Å². The van der Waals surface area contributed by atoms with Crippen LogP contribution in [0.1, 0.15) is 28.8 Å². The molecule has 0 radical (unpaired) electrons. The summed E-state index contributed by atoms with van der Waals surface area (Å²) in [6.45, 7) is 2.67. The highest BCUT2D eigenvalue weighted by atomic mass is 16.6. The van der Waals surface area contributed by atoms with Crippen molar-refractivity contribution in [3.8, 4) is 5.88 Å². The average Bonchev–Trinajstić information content (AvgIpc) is 2.62. The summed E-state index contributed by atoms with van der Waals surface area (Å²) in [6, 6.07) is 8.09. The van der Waals surface area contributed by atoms with E-state index in [4.69, 9.17) is 4.74 Å². The van der Waals surface area contributed by atoms with Crippen LogP contribution in [0.5, 0.6) is 5.88 Å². The molecular weight excluding hydrogens is 324 g/mol. The Morgan fingerprint density at radius 1 is 1.28 bits per heavy atom. The summed E-state index contributed by atoms with van der Waals surface area (Å²) in [7, 11) is 0. The first-order chi connectivity index (χ1) is 12.1. The van der Waals surface area contributed by atoms with Crippen molar-refractivity contribution < 1.29 is 14.5 Å². The summed E-state index contributed by atoms with van der Waals surface area (Å²) in [5.41, 5.74) is 0.740. The number of hydrogen-bond donors (Lipinski definition) is 0. The number of amides is 1. The van der Waals surface area contributed by atoms with Crippen molar-refractivity contribution in [1.29, 1.82) is 0 Å². The molecule has 1 aromatic carbocycles. The minimum absolute atomic E-state index is 0.0213. The minimum atomic E-state index is -0.465. The molecule has 0 aliphatic carbocycles. The Morgan fingerprint density at radius 2 is 2.04 bits per heavy atom. The van der Waals surface area contributed by atoms with Crippen LogP contribution in [0.15, 0.2) is 36.5 Å². The molecule has 1 saturated heterocycles. The highest BCUT2D eigenvalue weighted by Crippen LogP contribution is 2.24. The Balaban J connectivity index is 1.64. The smallest absolute Gasteiger partial charge is 0.273 e. The lowest BCUT2D eigenvalue weighted by Crippen LogP contribution is -2.42. The van der Waals surface area contributed by atoms with Crippen LogP contribution >= 0.6 is 0 Å². The van der Waals surface area contributed by atoms with E-state index < -0.39 is 4.92 Å². The molecule has 8 heteroatoms. The number of nitrogens with zero attached hydrogens (tertiary/aromatic N) is 4. The summed E-state index contributed by atoms with van der Waals surface area (Å²) in [4.78, 5) is 25.0. The number of likely N-dealkylation sites (tertiary alicyclic amines) is 1. The van der Waals surface area contributed by atoms with Crippen molar-refractivity contribution in [3.05, 3.63) is 57.8 Å². The van der Waals surface area contributed by atoms with Gasteiger partial charge in [-0.25, -0.2) is 0 Å². The fourth-order valence-corrected chi connectivity index (χ4v) is 2.92. The van der Waals surface area contributed by atoms with Gasteiger partial charge in [0.1, 0.15) is 6.10 Å². The number of rotatable bonds is 4. The first-order valence-electron chi connectivity index (χ1n) is 8.04. The molecule has 1 amide bonds. The Labute approximate surface area is 144 Å². The fraction of sp³-hybridized carbons (Fsp3) is 0.353. The highest BCUT2D eigenvalue weighted by Gasteiger charge is 2.27. The molecule has 2 heterocycles. The van der Waals surface area contributed by atoms with Gasteiger partial charge in [-0.15, -0.1) is 5.10 Å². The maximum atomic E-state index is 12.7. The van der Waals surface area contributed by atoms with Crippen LogP contribution in [-0.2, 0) is 0 Å². The maximum absolute atomic E-state index is 12.7. The molecule has 0 N–H and O–H groups in total. The molecule has 1 aliphatic rings. The predicted octanol–water partition coefficient (Wildman–Crippen LogP) is 2.38. The van der Waals surface area contributed by atoms with Gasteiger partial charge < -0.3 is 9.64 Å². The molecule has 1 aliphatic heterocycles. The van der Waals surface area contributed by atoms with Crippen molar-refractivity contribution in [2.45, 2.75) is 25.9 Å². The van der Waals surface area contributed by atoms with E-state index in [1.807, 2.05) is 0 Å². The van der Waals surface area contributed by atoms with E-state index in [0.717, 1.165) is 0 Å². The molecule has 2 aromatic rings. The van der Waals surface area contributed by atoms with Gasteiger partial charge in [-0.2, -0.15) is 5.10 Å². The molecule has 3 rings (SSSR count). The van der Waals surface area contributed by atoms with E-state index in [-0.39, 0.29) is 17.7 Å². The molecular formula is C17H18N4O4. The number of nitro groups is 1. The molecule has 1 fully saturated rings. The lowest BCUT2D eigenvalue weighted by Gasteiger charge is -2.32. The zero-order valence-electron chi connectivity index (χ0n) is 13.8. The first kappa shape index (κ1) is 16.8. The molecule has 1 aromatic heterocycles. The van der Waals surface area contributed by atoms with Gasteiger partial charge in [-0.3, -0.25) is 14.9 Å². The standard InChI is InChI=1S/C17H18N4O4/c1-12-14(4-2-5-15(12)21(23)24)17(22)20-10-7-13(8-11-20)25-16-6-3-9-18-19-16/h2-6,9,13H,7-8,10-11H2,1H3. The van der Waals surface area contributed by atoms with Gasteiger partial charge in [-0.1, -0.05) is 6.07 Å². The van der Waals surface area contributed by atoms with Crippen LogP contribution in [0.2, 0.25) is 0 Å². The third kappa shape index (κ3) is 3.73. The van der Waals surface area contributed by atoms with Crippen molar-refractivity contribution in [2.24, 2.45) is 0 Å². The molecule has 25 heavy (non-hydrogen) atoms. The zero-order valence-corrected chi connectivity index (χ0v) is 13.8. The van der Waals surface area contributed by atoms with Crippen LogP contribution in [0, 0.1) is 17.0 Å². The molecule has 0 unspecified atom stereocenters. The summed E-state index contributed by atoms with van der Waals surface area (Å²) < 4.78 is 5.76. The number of hydrogen-bond acceptors (Lipinski definition) is 6.